The Morgan fingerprint density at radius 3 is 2.40 bits per heavy atom. The van der Waals surface area contributed by atoms with E-state index in [-0.39, 0.29) is 0 Å². The van der Waals surface area contributed by atoms with Gasteiger partial charge in [-0.2, -0.15) is 0 Å². The van der Waals surface area contributed by atoms with Gasteiger partial charge in [-0.15, -0.1) is 12.3 Å². The molecule has 0 unspecified atom stereocenters. The number of nitrogens with one attached hydrogen (secondary N) is 1. The first kappa shape index (κ1) is 9.52. The van der Waals surface area contributed by atoms with Gasteiger partial charge in [-0.25, -0.2) is 0 Å². The first-order valence-electron chi connectivity index (χ1n) is 3.70. The topological polar surface area (TPSA) is 12.0 Å². The highest BCUT2D eigenvalue weighted by atomic mass is 14.9. The van der Waals surface area contributed by atoms with Gasteiger partial charge in [-0.05, 0) is 5.41 Å². The van der Waals surface area contributed by atoms with Gasteiger partial charge in [0.2, 0.25) is 0 Å². The van der Waals surface area contributed by atoms with Crippen molar-refractivity contribution < 1.29 is 0 Å². The quantitative estimate of drug-likeness (QED) is 0.463. The van der Waals surface area contributed by atoms with Crippen LogP contribution in [0.5, 0.6) is 0 Å². The van der Waals surface area contributed by atoms with Gasteiger partial charge in [0.25, 0.3) is 0 Å². The largest absolute Gasteiger partial charge is 0.315 e. The van der Waals surface area contributed by atoms with Crippen molar-refractivity contribution in [2.45, 2.75) is 27.2 Å². The molecule has 0 heterocycles. The molecule has 0 aromatic rings. The summed E-state index contributed by atoms with van der Waals surface area (Å²) < 4.78 is 0. The van der Waals surface area contributed by atoms with E-state index in [9.17, 15) is 0 Å². The van der Waals surface area contributed by atoms with Gasteiger partial charge in [0, 0.05) is 19.5 Å². The molecule has 58 valence electrons. The first-order chi connectivity index (χ1) is 4.56. The number of terminal acetylenes is 1. The lowest BCUT2D eigenvalue weighted by atomic mass is 9.97. The maximum Gasteiger partial charge on any atom is 0.0211 e. The Labute approximate surface area is 64.2 Å². The molecule has 0 fully saturated rings. The van der Waals surface area contributed by atoms with Crippen molar-refractivity contribution in [3.05, 3.63) is 0 Å². The number of rotatable bonds is 3. The highest BCUT2D eigenvalue weighted by Crippen LogP contribution is 2.09. The van der Waals surface area contributed by atoms with Crippen molar-refractivity contribution in [3.63, 3.8) is 0 Å². The highest BCUT2D eigenvalue weighted by Gasteiger charge is 2.07. The fourth-order valence-electron chi connectivity index (χ4n) is 0.624. The minimum absolute atomic E-state index is 0.370. The molecular formula is C9H17N. The second-order valence-electron chi connectivity index (χ2n) is 3.69. The summed E-state index contributed by atoms with van der Waals surface area (Å²) in [5, 5.41) is 3.28. The van der Waals surface area contributed by atoms with Crippen LogP contribution in [-0.2, 0) is 0 Å². The number of hydrogen-bond acceptors (Lipinski definition) is 1. The summed E-state index contributed by atoms with van der Waals surface area (Å²) in [6.45, 7) is 8.59. The Balaban J connectivity index is 3.14. The van der Waals surface area contributed by atoms with Gasteiger partial charge in [0.15, 0.2) is 0 Å². The zero-order valence-electron chi connectivity index (χ0n) is 7.20. The molecule has 0 bridgehead atoms. The van der Waals surface area contributed by atoms with E-state index >= 15 is 0 Å². The molecule has 0 aliphatic heterocycles. The summed E-state index contributed by atoms with van der Waals surface area (Å²) in [7, 11) is 0. The summed E-state index contributed by atoms with van der Waals surface area (Å²) in [6, 6.07) is 0. The molecule has 0 radical (unpaired) electrons. The summed E-state index contributed by atoms with van der Waals surface area (Å²) in [5.41, 5.74) is 0.370. The SMILES string of the molecule is C#CCCNCC(C)(C)C. The second kappa shape index (κ2) is 4.35. The second-order valence-corrected chi connectivity index (χ2v) is 3.69. The molecule has 0 spiro atoms. The van der Waals surface area contributed by atoms with Gasteiger partial charge in [0.05, 0.1) is 0 Å². The zero-order chi connectivity index (χ0) is 8.04. The predicted molar refractivity (Wildman–Crippen MR) is 45.8 cm³/mol. The minimum Gasteiger partial charge on any atom is -0.315 e. The fraction of sp³-hybridized carbons (Fsp3) is 0.778. The van der Waals surface area contributed by atoms with E-state index in [0.717, 1.165) is 19.5 Å². The van der Waals surface area contributed by atoms with Gasteiger partial charge in [-0.1, -0.05) is 20.8 Å². The smallest absolute Gasteiger partial charge is 0.0211 e. The molecule has 0 aromatic heterocycles. The monoisotopic (exact) mass is 139 g/mol. The molecule has 1 heteroatoms. The summed E-state index contributed by atoms with van der Waals surface area (Å²) in [6.07, 6.45) is 5.92. The third-order valence-electron chi connectivity index (χ3n) is 1.10. The molecule has 0 aliphatic rings. The Bertz CT molecular complexity index is 114. The molecule has 10 heavy (non-hydrogen) atoms. The Morgan fingerprint density at radius 1 is 1.40 bits per heavy atom. The zero-order valence-corrected chi connectivity index (χ0v) is 7.20. The predicted octanol–water partition coefficient (Wildman–Crippen LogP) is 1.65. The first-order valence-corrected chi connectivity index (χ1v) is 3.70. The molecule has 0 atom stereocenters. The van der Waals surface area contributed by atoms with Crippen molar-refractivity contribution in [2.24, 2.45) is 5.41 Å². The molecule has 0 aromatic carbocycles. The molecule has 1 N–H and O–H groups in total. The van der Waals surface area contributed by atoms with Crippen molar-refractivity contribution in [2.75, 3.05) is 13.1 Å². The Kier molecular flexibility index (Phi) is 4.14. The maximum atomic E-state index is 5.09. The van der Waals surface area contributed by atoms with Crippen LogP contribution in [0.25, 0.3) is 0 Å². The maximum absolute atomic E-state index is 5.09. The van der Waals surface area contributed by atoms with E-state index in [1.165, 1.54) is 0 Å². The standard InChI is InChI=1S/C9H17N/c1-5-6-7-10-8-9(2,3)4/h1,10H,6-8H2,2-4H3. The van der Waals surface area contributed by atoms with Gasteiger partial charge < -0.3 is 5.32 Å². The van der Waals surface area contributed by atoms with Crippen LogP contribution in [-0.4, -0.2) is 13.1 Å². The minimum atomic E-state index is 0.370. The van der Waals surface area contributed by atoms with Crippen LogP contribution in [0.2, 0.25) is 0 Å². The highest BCUT2D eigenvalue weighted by molar-refractivity contribution is 4.84. The molecule has 0 amide bonds. The average Bonchev–Trinajstić information content (AvgIpc) is 1.78. The molecule has 0 saturated heterocycles. The van der Waals surface area contributed by atoms with E-state index in [2.05, 4.69) is 32.0 Å². The van der Waals surface area contributed by atoms with E-state index in [0.29, 0.717) is 5.41 Å². The van der Waals surface area contributed by atoms with Crippen LogP contribution in [0.1, 0.15) is 27.2 Å². The lowest BCUT2D eigenvalue weighted by Gasteiger charge is -2.17. The normalized spacial score (nSPS) is 11.0. The number of hydrogen-bond donors (Lipinski definition) is 1. The van der Waals surface area contributed by atoms with Crippen LogP contribution >= 0.6 is 0 Å². The third-order valence-corrected chi connectivity index (χ3v) is 1.10. The van der Waals surface area contributed by atoms with E-state index in [1.54, 1.807) is 0 Å². The van der Waals surface area contributed by atoms with Crippen molar-refractivity contribution in [3.8, 4) is 12.3 Å². The lowest BCUT2D eigenvalue weighted by Crippen LogP contribution is -2.27. The van der Waals surface area contributed by atoms with Crippen LogP contribution in [0.15, 0.2) is 0 Å². The van der Waals surface area contributed by atoms with Crippen LogP contribution < -0.4 is 5.32 Å². The van der Waals surface area contributed by atoms with Crippen molar-refractivity contribution in [1.29, 1.82) is 0 Å². The van der Waals surface area contributed by atoms with E-state index in [1.807, 2.05) is 0 Å². The lowest BCUT2D eigenvalue weighted by molar-refractivity contribution is 0.383. The van der Waals surface area contributed by atoms with E-state index < -0.39 is 0 Å². The van der Waals surface area contributed by atoms with Crippen LogP contribution in [0.4, 0.5) is 0 Å². The molecular weight excluding hydrogens is 122 g/mol. The molecule has 1 nitrogen and oxygen atoms in total. The Morgan fingerprint density at radius 2 is 2.00 bits per heavy atom. The van der Waals surface area contributed by atoms with Crippen molar-refractivity contribution >= 4 is 0 Å². The molecule has 0 aliphatic carbocycles. The van der Waals surface area contributed by atoms with Crippen LogP contribution in [0, 0.1) is 17.8 Å². The third kappa shape index (κ3) is 7.52. The van der Waals surface area contributed by atoms with Gasteiger partial charge >= 0.3 is 0 Å². The molecule has 0 rings (SSSR count). The fourth-order valence-corrected chi connectivity index (χ4v) is 0.624. The van der Waals surface area contributed by atoms with Gasteiger partial charge in [0.1, 0.15) is 0 Å². The Hall–Kier alpha value is -0.480. The summed E-state index contributed by atoms with van der Waals surface area (Å²) >= 11 is 0. The van der Waals surface area contributed by atoms with E-state index in [4.69, 9.17) is 6.42 Å². The molecule has 0 saturated carbocycles. The summed E-state index contributed by atoms with van der Waals surface area (Å²) in [4.78, 5) is 0. The van der Waals surface area contributed by atoms with Crippen molar-refractivity contribution in [1.82, 2.24) is 5.32 Å². The van der Waals surface area contributed by atoms with Gasteiger partial charge in [-0.3, -0.25) is 0 Å². The summed E-state index contributed by atoms with van der Waals surface area (Å²) in [5.74, 6) is 2.59. The average molecular weight is 139 g/mol. The van der Waals surface area contributed by atoms with Crippen LogP contribution in [0.3, 0.4) is 0 Å².